The van der Waals surface area contributed by atoms with E-state index in [2.05, 4.69) is 11.2 Å². The third-order valence-electron chi connectivity index (χ3n) is 3.12. The molecule has 0 spiro atoms. The highest BCUT2D eigenvalue weighted by atomic mass is 16.4. The molecule has 0 aromatic carbocycles. The van der Waals surface area contributed by atoms with E-state index in [-0.39, 0.29) is 28.7 Å². The lowest BCUT2D eigenvalue weighted by Crippen LogP contribution is -2.15. The highest BCUT2D eigenvalue weighted by Gasteiger charge is 2.60. The van der Waals surface area contributed by atoms with Crippen molar-refractivity contribution in [2.75, 3.05) is 0 Å². The van der Waals surface area contributed by atoms with Gasteiger partial charge in [0.05, 0.1) is 6.07 Å². The minimum atomic E-state index is -0.217. The fourth-order valence-electron chi connectivity index (χ4n) is 2.12. The molecule has 1 saturated carbocycles. The molecule has 0 aromatic rings. The van der Waals surface area contributed by atoms with Crippen molar-refractivity contribution in [3.8, 4) is 6.07 Å². The van der Waals surface area contributed by atoms with E-state index >= 15 is 0 Å². The van der Waals surface area contributed by atoms with Crippen molar-refractivity contribution < 1.29 is 10.0 Å². The zero-order chi connectivity index (χ0) is 10.9. The number of carbonyl (C=O) groups is 1. The van der Waals surface area contributed by atoms with Crippen LogP contribution in [-0.2, 0) is 4.79 Å². The van der Waals surface area contributed by atoms with Gasteiger partial charge >= 0.3 is 0 Å². The van der Waals surface area contributed by atoms with Crippen molar-refractivity contribution in [2.45, 2.75) is 27.2 Å². The Morgan fingerprint density at radius 3 is 2.57 bits per heavy atom. The van der Waals surface area contributed by atoms with Crippen LogP contribution >= 0.6 is 0 Å². The molecule has 0 radical (unpaired) electrons. The summed E-state index contributed by atoms with van der Waals surface area (Å²) in [7, 11) is 0. The Balaban J connectivity index is 2.83. The van der Waals surface area contributed by atoms with Crippen LogP contribution in [0.4, 0.5) is 0 Å². The molecule has 2 atom stereocenters. The summed E-state index contributed by atoms with van der Waals surface area (Å²) in [6.45, 7) is 5.34. The van der Waals surface area contributed by atoms with Crippen LogP contribution in [0.2, 0.25) is 0 Å². The van der Waals surface area contributed by atoms with E-state index in [1.54, 1.807) is 0 Å². The molecule has 1 fully saturated rings. The zero-order valence-electron chi connectivity index (χ0n) is 8.61. The van der Waals surface area contributed by atoms with E-state index in [9.17, 15) is 4.79 Å². The number of hydrogen-bond acceptors (Lipinski definition) is 4. The second-order valence-electron chi connectivity index (χ2n) is 4.31. The van der Waals surface area contributed by atoms with Crippen LogP contribution in [0.3, 0.4) is 0 Å². The standard InChI is InChI=1S/C10H14N2O2/c1-6(13)9(12-14)8-7(4-5-11)10(8,2)3/h7-8,14H,4H2,1-3H3/b12-9+/t7-,8+/m0/s1. The number of nitriles is 1. The van der Waals surface area contributed by atoms with Gasteiger partial charge in [0.25, 0.3) is 0 Å². The molecule has 0 amide bonds. The van der Waals surface area contributed by atoms with E-state index < -0.39 is 0 Å². The number of ketones is 1. The van der Waals surface area contributed by atoms with Crippen LogP contribution in [0.15, 0.2) is 5.16 Å². The number of Topliss-reactive ketones (excluding diaryl/α,β-unsaturated/α-hetero) is 1. The average molecular weight is 194 g/mol. The van der Waals surface area contributed by atoms with Gasteiger partial charge in [-0.05, 0) is 11.3 Å². The lowest BCUT2D eigenvalue weighted by Gasteiger charge is -2.01. The predicted molar refractivity (Wildman–Crippen MR) is 50.9 cm³/mol. The van der Waals surface area contributed by atoms with Gasteiger partial charge in [0.2, 0.25) is 0 Å². The first kappa shape index (κ1) is 10.7. The molecule has 0 saturated heterocycles. The second kappa shape index (κ2) is 3.41. The molecular weight excluding hydrogens is 180 g/mol. The van der Waals surface area contributed by atoms with Crippen LogP contribution in [0, 0.1) is 28.6 Å². The molecule has 14 heavy (non-hydrogen) atoms. The van der Waals surface area contributed by atoms with Crippen molar-refractivity contribution >= 4 is 11.5 Å². The van der Waals surface area contributed by atoms with Gasteiger partial charge in [-0.2, -0.15) is 5.26 Å². The quantitative estimate of drug-likeness (QED) is 0.421. The van der Waals surface area contributed by atoms with Crippen molar-refractivity contribution in [2.24, 2.45) is 22.4 Å². The van der Waals surface area contributed by atoms with E-state index in [1.807, 2.05) is 13.8 Å². The van der Waals surface area contributed by atoms with Crippen LogP contribution in [0.1, 0.15) is 27.2 Å². The largest absolute Gasteiger partial charge is 0.411 e. The van der Waals surface area contributed by atoms with Crippen molar-refractivity contribution in [1.82, 2.24) is 0 Å². The minimum absolute atomic E-state index is 0.0651. The van der Waals surface area contributed by atoms with E-state index in [4.69, 9.17) is 10.5 Å². The second-order valence-corrected chi connectivity index (χ2v) is 4.31. The van der Waals surface area contributed by atoms with E-state index in [0.717, 1.165) is 0 Å². The number of nitrogens with zero attached hydrogens (tertiary/aromatic N) is 2. The minimum Gasteiger partial charge on any atom is -0.411 e. The molecule has 76 valence electrons. The molecule has 0 unspecified atom stereocenters. The van der Waals surface area contributed by atoms with Gasteiger partial charge in [0, 0.05) is 19.3 Å². The molecule has 1 rings (SSSR count). The molecule has 0 heterocycles. The SMILES string of the molecule is CC(=O)/C(=N\O)[C@H]1[C@H](CC#N)C1(C)C. The van der Waals surface area contributed by atoms with Gasteiger partial charge in [-0.15, -0.1) is 0 Å². The summed E-state index contributed by atoms with van der Waals surface area (Å²) in [5.41, 5.74) is 0.110. The Bertz CT molecular complexity index is 326. The molecule has 1 N–H and O–H groups in total. The molecule has 0 bridgehead atoms. The number of carbonyl (C=O) groups excluding carboxylic acids is 1. The summed E-state index contributed by atoms with van der Waals surface area (Å²) in [6.07, 6.45) is 0.407. The normalized spacial score (nSPS) is 29.4. The number of oxime groups is 1. The van der Waals surface area contributed by atoms with Gasteiger partial charge in [-0.3, -0.25) is 4.79 Å². The molecular formula is C10H14N2O2. The maximum Gasteiger partial charge on any atom is 0.177 e. The lowest BCUT2D eigenvalue weighted by atomic mass is 10.0. The lowest BCUT2D eigenvalue weighted by molar-refractivity contribution is -0.111. The highest BCUT2D eigenvalue weighted by Crippen LogP contribution is 2.60. The fraction of sp³-hybridized carbons (Fsp3) is 0.700. The fourth-order valence-corrected chi connectivity index (χ4v) is 2.12. The Hall–Kier alpha value is -1.37. The average Bonchev–Trinajstić information content (AvgIpc) is 2.58. The first-order valence-corrected chi connectivity index (χ1v) is 4.56. The van der Waals surface area contributed by atoms with Crippen LogP contribution in [0.25, 0.3) is 0 Å². The molecule has 4 nitrogen and oxygen atoms in total. The Morgan fingerprint density at radius 2 is 2.21 bits per heavy atom. The predicted octanol–water partition coefficient (Wildman–Crippen LogP) is 1.59. The summed E-state index contributed by atoms with van der Waals surface area (Å²) in [5, 5.41) is 20.3. The highest BCUT2D eigenvalue weighted by molar-refractivity contribution is 6.40. The van der Waals surface area contributed by atoms with Crippen LogP contribution < -0.4 is 0 Å². The number of rotatable bonds is 3. The summed E-state index contributed by atoms with van der Waals surface area (Å²) >= 11 is 0. The molecule has 0 aromatic heterocycles. The summed E-state index contributed by atoms with van der Waals surface area (Å²) in [6, 6.07) is 2.09. The first-order chi connectivity index (χ1) is 6.46. The number of hydrogen-bond donors (Lipinski definition) is 1. The van der Waals surface area contributed by atoms with Crippen LogP contribution in [0.5, 0.6) is 0 Å². The monoisotopic (exact) mass is 194 g/mol. The zero-order valence-corrected chi connectivity index (χ0v) is 8.61. The summed E-state index contributed by atoms with van der Waals surface area (Å²) in [5.74, 6) is -0.141. The van der Waals surface area contributed by atoms with Gasteiger partial charge < -0.3 is 5.21 Å². The Labute approximate surface area is 83.2 Å². The summed E-state index contributed by atoms with van der Waals surface area (Å²) < 4.78 is 0. The topological polar surface area (TPSA) is 73.4 Å². The van der Waals surface area contributed by atoms with Crippen molar-refractivity contribution in [1.29, 1.82) is 5.26 Å². The molecule has 1 aliphatic carbocycles. The van der Waals surface area contributed by atoms with E-state index in [1.165, 1.54) is 6.92 Å². The molecule has 4 heteroatoms. The first-order valence-electron chi connectivity index (χ1n) is 4.56. The Morgan fingerprint density at radius 1 is 1.64 bits per heavy atom. The third kappa shape index (κ3) is 1.50. The van der Waals surface area contributed by atoms with Crippen molar-refractivity contribution in [3.63, 3.8) is 0 Å². The maximum absolute atomic E-state index is 11.1. The molecule has 1 aliphatic rings. The van der Waals surface area contributed by atoms with Crippen molar-refractivity contribution in [3.05, 3.63) is 0 Å². The van der Waals surface area contributed by atoms with Gasteiger partial charge in [0.1, 0.15) is 5.71 Å². The van der Waals surface area contributed by atoms with E-state index in [0.29, 0.717) is 6.42 Å². The smallest absolute Gasteiger partial charge is 0.177 e. The Kier molecular flexibility index (Phi) is 2.61. The van der Waals surface area contributed by atoms with Crippen LogP contribution in [-0.4, -0.2) is 16.7 Å². The molecule has 0 aliphatic heterocycles. The third-order valence-corrected chi connectivity index (χ3v) is 3.12. The van der Waals surface area contributed by atoms with Gasteiger partial charge in [-0.1, -0.05) is 19.0 Å². The van der Waals surface area contributed by atoms with Gasteiger partial charge in [-0.25, -0.2) is 0 Å². The van der Waals surface area contributed by atoms with Gasteiger partial charge in [0.15, 0.2) is 5.78 Å². The maximum atomic E-state index is 11.1. The summed E-state index contributed by atoms with van der Waals surface area (Å²) in [4.78, 5) is 11.1.